The van der Waals surface area contributed by atoms with Crippen molar-refractivity contribution in [3.8, 4) is 11.4 Å². The molecule has 1 heterocycles. The zero-order valence-corrected chi connectivity index (χ0v) is 20.7. The van der Waals surface area contributed by atoms with E-state index in [0.717, 1.165) is 35.9 Å². The zero-order chi connectivity index (χ0) is 23.3. The molecule has 0 aliphatic carbocycles. The van der Waals surface area contributed by atoms with Gasteiger partial charge in [-0.2, -0.15) is 0 Å². The van der Waals surface area contributed by atoms with Gasteiger partial charge in [-0.1, -0.05) is 56.8 Å². The van der Waals surface area contributed by atoms with Crippen molar-refractivity contribution in [1.29, 1.82) is 0 Å². The van der Waals surface area contributed by atoms with E-state index >= 15 is 0 Å². The van der Waals surface area contributed by atoms with E-state index in [2.05, 4.69) is 79.3 Å². The number of hydrogen-bond acceptors (Lipinski definition) is 5. The van der Waals surface area contributed by atoms with Crippen LogP contribution in [-0.2, 0) is 17.3 Å². The molecule has 1 N–H and O–H groups in total. The van der Waals surface area contributed by atoms with E-state index < -0.39 is 0 Å². The summed E-state index contributed by atoms with van der Waals surface area (Å²) >= 11 is 1.38. The highest BCUT2D eigenvalue weighted by Crippen LogP contribution is 2.27. The van der Waals surface area contributed by atoms with E-state index in [1.165, 1.54) is 17.3 Å². The lowest BCUT2D eigenvalue weighted by molar-refractivity contribution is -0.113. The molecule has 0 unspecified atom stereocenters. The lowest BCUT2D eigenvalue weighted by Gasteiger charge is -2.21. The Kier molecular flexibility index (Phi) is 7.61. The average molecular weight is 452 g/mol. The van der Waals surface area contributed by atoms with Crippen LogP contribution in [0.5, 0.6) is 0 Å². The first-order valence-corrected chi connectivity index (χ1v) is 12.0. The lowest BCUT2D eigenvalue weighted by Crippen LogP contribution is -2.21. The summed E-state index contributed by atoms with van der Waals surface area (Å²) in [5.74, 6) is 0.997. The van der Waals surface area contributed by atoms with Gasteiger partial charge in [0, 0.05) is 37.1 Å². The van der Waals surface area contributed by atoms with Crippen molar-refractivity contribution in [2.24, 2.45) is 7.05 Å². The topological polar surface area (TPSA) is 63.1 Å². The fourth-order valence-electron chi connectivity index (χ4n) is 3.48. The fourth-order valence-corrected chi connectivity index (χ4v) is 4.19. The Morgan fingerprint density at radius 2 is 1.62 bits per heavy atom. The van der Waals surface area contributed by atoms with E-state index in [-0.39, 0.29) is 17.1 Å². The number of aromatic nitrogens is 3. The van der Waals surface area contributed by atoms with Crippen molar-refractivity contribution in [2.45, 2.75) is 45.2 Å². The number of rotatable bonds is 8. The summed E-state index contributed by atoms with van der Waals surface area (Å²) in [5, 5.41) is 12.3. The third kappa shape index (κ3) is 5.71. The first kappa shape index (κ1) is 23.9. The van der Waals surface area contributed by atoms with Crippen LogP contribution >= 0.6 is 11.8 Å². The maximum Gasteiger partial charge on any atom is 0.234 e. The summed E-state index contributed by atoms with van der Waals surface area (Å²) in [6, 6.07) is 16.4. The first-order chi connectivity index (χ1) is 15.2. The highest BCUT2D eigenvalue weighted by Gasteiger charge is 2.16. The standard InChI is InChI=1S/C25H33N5OS/c1-7-30(8-2)21-15-13-20(14-16-21)26-22(31)17-32-24-28-27-23(29(24)6)18-9-11-19(12-10-18)25(3,4)5/h9-16H,7-8,17H2,1-6H3,(H,26,31). The van der Waals surface area contributed by atoms with Gasteiger partial charge < -0.3 is 14.8 Å². The molecule has 1 amide bonds. The highest BCUT2D eigenvalue weighted by atomic mass is 32.2. The van der Waals surface area contributed by atoms with Gasteiger partial charge >= 0.3 is 0 Å². The van der Waals surface area contributed by atoms with Gasteiger partial charge in [-0.3, -0.25) is 4.79 Å². The number of carbonyl (C=O) groups excluding carboxylic acids is 1. The maximum atomic E-state index is 12.4. The molecule has 32 heavy (non-hydrogen) atoms. The number of nitrogens with one attached hydrogen (secondary N) is 1. The first-order valence-electron chi connectivity index (χ1n) is 11.0. The van der Waals surface area contributed by atoms with Crippen LogP contribution in [0.1, 0.15) is 40.2 Å². The number of carbonyl (C=O) groups is 1. The van der Waals surface area contributed by atoms with Crippen LogP contribution in [0.2, 0.25) is 0 Å². The van der Waals surface area contributed by atoms with Crippen molar-refractivity contribution >= 4 is 29.0 Å². The predicted octanol–water partition coefficient (Wildman–Crippen LogP) is 5.36. The van der Waals surface area contributed by atoms with E-state index in [4.69, 9.17) is 0 Å². The predicted molar refractivity (Wildman–Crippen MR) is 134 cm³/mol. The molecule has 3 rings (SSSR count). The molecule has 0 aliphatic rings. The van der Waals surface area contributed by atoms with Crippen LogP contribution in [-0.4, -0.2) is 39.5 Å². The van der Waals surface area contributed by atoms with Crippen LogP contribution in [0.15, 0.2) is 53.7 Å². The number of thioether (sulfide) groups is 1. The SMILES string of the molecule is CCN(CC)c1ccc(NC(=O)CSc2nnc(-c3ccc(C(C)(C)C)cc3)n2C)cc1. The molecular weight excluding hydrogens is 418 g/mol. The summed E-state index contributed by atoms with van der Waals surface area (Å²) in [6.45, 7) is 12.8. The third-order valence-electron chi connectivity index (χ3n) is 5.46. The molecule has 0 saturated heterocycles. The molecule has 0 atom stereocenters. The second-order valence-corrected chi connectivity index (χ2v) is 9.69. The number of hydrogen-bond donors (Lipinski definition) is 1. The molecule has 2 aromatic carbocycles. The Bertz CT molecular complexity index is 1030. The van der Waals surface area contributed by atoms with Crippen LogP contribution < -0.4 is 10.2 Å². The normalized spacial score (nSPS) is 11.4. The van der Waals surface area contributed by atoms with E-state index in [9.17, 15) is 4.79 Å². The number of anilines is 2. The summed E-state index contributed by atoms with van der Waals surface area (Å²) in [4.78, 5) is 14.7. The molecule has 0 aliphatic heterocycles. The van der Waals surface area contributed by atoms with Crippen molar-refractivity contribution in [3.63, 3.8) is 0 Å². The second-order valence-electron chi connectivity index (χ2n) is 8.75. The lowest BCUT2D eigenvalue weighted by atomic mass is 9.87. The minimum Gasteiger partial charge on any atom is -0.372 e. The van der Waals surface area contributed by atoms with Crippen LogP contribution in [0.25, 0.3) is 11.4 Å². The number of nitrogens with zero attached hydrogens (tertiary/aromatic N) is 4. The zero-order valence-electron chi connectivity index (χ0n) is 19.8. The summed E-state index contributed by atoms with van der Waals surface area (Å²) in [7, 11) is 1.93. The minimum atomic E-state index is -0.0651. The molecule has 3 aromatic rings. The minimum absolute atomic E-state index is 0.0651. The summed E-state index contributed by atoms with van der Waals surface area (Å²) in [6.07, 6.45) is 0. The molecule has 0 fully saturated rings. The van der Waals surface area contributed by atoms with Gasteiger partial charge in [0.2, 0.25) is 5.91 Å². The van der Waals surface area contributed by atoms with Gasteiger partial charge in [-0.05, 0) is 49.1 Å². The summed E-state index contributed by atoms with van der Waals surface area (Å²) in [5.41, 5.74) is 4.35. The molecule has 0 saturated carbocycles. The second kappa shape index (κ2) is 10.2. The van der Waals surface area contributed by atoms with Crippen molar-refractivity contribution < 1.29 is 4.79 Å². The molecule has 0 radical (unpaired) electrons. The van der Waals surface area contributed by atoms with E-state index in [0.29, 0.717) is 5.16 Å². The largest absolute Gasteiger partial charge is 0.372 e. The molecule has 0 spiro atoms. The third-order valence-corrected chi connectivity index (χ3v) is 6.48. The Hall–Kier alpha value is -2.80. The Balaban J connectivity index is 1.59. The Morgan fingerprint density at radius 3 is 2.19 bits per heavy atom. The smallest absolute Gasteiger partial charge is 0.234 e. The highest BCUT2D eigenvalue weighted by molar-refractivity contribution is 7.99. The van der Waals surface area contributed by atoms with Crippen molar-refractivity contribution in [2.75, 3.05) is 29.1 Å². The monoisotopic (exact) mass is 451 g/mol. The number of benzene rings is 2. The molecule has 0 bridgehead atoms. The summed E-state index contributed by atoms with van der Waals surface area (Å²) < 4.78 is 1.93. The maximum absolute atomic E-state index is 12.4. The van der Waals surface area contributed by atoms with E-state index in [1.54, 1.807) is 0 Å². The van der Waals surface area contributed by atoms with Crippen LogP contribution in [0.3, 0.4) is 0 Å². The van der Waals surface area contributed by atoms with Gasteiger partial charge in [0.25, 0.3) is 0 Å². The van der Waals surface area contributed by atoms with Crippen molar-refractivity contribution in [3.05, 3.63) is 54.1 Å². The number of amides is 1. The van der Waals surface area contributed by atoms with E-state index in [1.807, 2.05) is 35.9 Å². The Labute approximate surface area is 195 Å². The molecule has 6 nitrogen and oxygen atoms in total. The van der Waals surface area contributed by atoms with Gasteiger partial charge in [-0.15, -0.1) is 10.2 Å². The fraction of sp³-hybridized carbons (Fsp3) is 0.400. The average Bonchev–Trinajstić information content (AvgIpc) is 3.14. The molecule has 7 heteroatoms. The quantitative estimate of drug-likeness (QED) is 0.467. The van der Waals surface area contributed by atoms with Crippen molar-refractivity contribution in [1.82, 2.24) is 14.8 Å². The van der Waals surface area contributed by atoms with Crippen LogP contribution in [0.4, 0.5) is 11.4 Å². The van der Waals surface area contributed by atoms with Gasteiger partial charge in [0.05, 0.1) is 5.75 Å². The van der Waals surface area contributed by atoms with Gasteiger partial charge in [0.1, 0.15) is 0 Å². The van der Waals surface area contributed by atoms with Crippen LogP contribution in [0, 0.1) is 0 Å². The van der Waals surface area contributed by atoms with Gasteiger partial charge in [-0.25, -0.2) is 0 Å². The molecule has 1 aromatic heterocycles. The Morgan fingerprint density at radius 1 is 1.00 bits per heavy atom. The molecular formula is C25H33N5OS. The molecule has 170 valence electrons. The van der Waals surface area contributed by atoms with Gasteiger partial charge in [0.15, 0.2) is 11.0 Å².